The number of pyridine rings is 1. The molecule has 0 saturated carbocycles. The van der Waals surface area contributed by atoms with Gasteiger partial charge in [0, 0.05) is 17.2 Å². The molecule has 0 unspecified atom stereocenters. The summed E-state index contributed by atoms with van der Waals surface area (Å²) in [6.45, 7) is 5.61. The van der Waals surface area contributed by atoms with Crippen molar-refractivity contribution in [1.82, 2.24) is 14.3 Å². The minimum Gasteiger partial charge on any atom is -0.314 e. The Balaban J connectivity index is 2.42. The van der Waals surface area contributed by atoms with Gasteiger partial charge in [0.05, 0.1) is 5.56 Å². The van der Waals surface area contributed by atoms with Crippen LogP contribution in [0.25, 0.3) is 0 Å². The van der Waals surface area contributed by atoms with Gasteiger partial charge in [0.15, 0.2) is 5.82 Å². The zero-order valence-corrected chi connectivity index (χ0v) is 10.6. The average molecular weight is 245 g/mol. The Morgan fingerprint density at radius 1 is 1.29 bits per heavy atom. The van der Waals surface area contributed by atoms with E-state index in [2.05, 4.69) is 25.7 Å². The zero-order valence-electron chi connectivity index (χ0n) is 9.77. The van der Waals surface area contributed by atoms with Gasteiger partial charge in [0.2, 0.25) is 5.13 Å². The van der Waals surface area contributed by atoms with Crippen molar-refractivity contribution in [2.45, 2.75) is 20.8 Å². The van der Waals surface area contributed by atoms with Crippen molar-refractivity contribution >= 4 is 22.5 Å². The van der Waals surface area contributed by atoms with E-state index in [1.54, 1.807) is 0 Å². The van der Waals surface area contributed by atoms with Gasteiger partial charge in [-0.25, -0.2) is 9.97 Å². The van der Waals surface area contributed by atoms with E-state index < -0.39 is 0 Å². The predicted octanol–water partition coefficient (Wildman–Crippen LogP) is 2.47. The molecule has 1 N–H and O–H groups in total. The van der Waals surface area contributed by atoms with Crippen LogP contribution in [0.5, 0.6) is 0 Å². The maximum absolute atomic E-state index is 9.11. The number of rotatable bonds is 2. The number of hydrogen-bond acceptors (Lipinski definition) is 6. The Morgan fingerprint density at radius 2 is 2.06 bits per heavy atom. The highest BCUT2D eigenvalue weighted by molar-refractivity contribution is 7.09. The van der Waals surface area contributed by atoms with Crippen molar-refractivity contribution in [3.05, 3.63) is 28.7 Å². The maximum Gasteiger partial charge on any atom is 0.208 e. The molecule has 0 atom stereocenters. The van der Waals surface area contributed by atoms with Gasteiger partial charge in [-0.15, -0.1) is 0 Å². The van der Waals surface area contributed by atoms with E-state index in [4.69, 9.17) is 5.26 Å². The predicted molar refractivity (Wildman–Crippen MR) is 66.4 cm³/mol. The summed E-state index contributed by atoms with van der Waals surface area (Å²) in [5.41, 5.74) is 2.32. The number of aryl methyl sites for hydroxylation is 3. The molecule has 5 nitrogen and oxygen atoms in total. The van der Waals surface area contributed by atoms with Crippen LogP contribution in [-0.2, 0) is 0 Å². The molecule has 2 rings (SSSR count). The third kappa shape index (κ3) is 2.40. The fraction of sp³-hybridized carbons (Fsp3) is 0.273. The fourth-order valence-corrected chi connectivity index (χ4v) is 2.09. The van der Waals surface area contributed by atoms with Crippen LogP contribution in [0.15, 0.2) is 6.07 Å². The molecule has 0 aromatic carbocycles. The largest absolute Gasteiger partial charge is 0.314 e. The molecule has 0 radical (unpaired) electrons. The molecular formula is C11H11N5S. The number of anilines is 2. The molecule has 17 heavy (non-hydrogen) atoms. The minimum atomic E-state index is 0.543. The third-order valence-corrected chi connectivity index (χ3v) is 2.93. The third-order valence-electron chi connectivity index (χ3n) is 2.21. The molecule has 0 bridgehead atoms. The van der Waals surface area contributed by atoms with Gasteiger partial charge in [-0.3, -0.25) is 0 Å². The standard InChI is InChI=1S/C11H11N5S/c1-6-4-7(2)13-10(9(6)5-12)15-11-14-8(3)16-17-11/h4H,1-3H3,(H,13,14,15,16). The van der Waals surface area contributed by atoms with E-state index in [1.807, 2.05) is 26.8 Å². The molecule has 0 amide bonds. The van der Waals surface area contributed by atoms with Crippen molar-refractivity contribution < 1.29 is 0 Å². The van der Waals surface area contributed by atoms with E-state index in [0.29, 0.717) is 22.3 Å². The van der Waals surface area contributed by atoms with Gasteiger partial charge >= 0.3 is 0 Å². The number of nitrogens with one attached hydrogen (secondary N) is 1. The highest BCUT2D eigenvalue weighted by Crippen LogP contribution is 2.22. The van der Waals surface area contributed by atoms with Crippen LogP contribution >= 0.6 is 11.5 Å². The fourth-order valence-electron chi connectivity index (χ4n) is 1.52. The first-order valence-corrected chi connectivity index (χ1v) is 5.83. The van der Waals surface area contributed by atoms with E-state index in [-0.39, 0.29) is 0 Å². The van der Waals surface area contributed by atoms with E-state index in [9.17, 15) is 0 Å². The summed E-state index contributed by atoms with van der Waals surface area (Å²) in [6, 6.07) is 4.03. The van der Waals surface area contributed by atoms with E-state index in [0.717, 1.165) is 11.3 Å². The first-order valence-electron chi connectivity index (χ1n) is 5.06. The number of nitrogens with zero attached hydrogens (tertiary/aromatic N) is 4. The maximum atomic E-state index is 9.11. The molecule has 0 spiro atoms. The molecule has 0 aliphatic heterocycles. The van der Waals surface area contributed by atoms with Crippen LogP contribution in [0, 0.1) is 32.1 Å². The Labute approximate surface area is 103 Å². The summed E-state index contributed by atoms with van der Waals surface area (Å²) < 4.78 is 4.07. The van der Waals surface area contributed by atoms with Gasteiger partial charge in [-0.2, -0.15) is 9.64 Å². The summed E-state index contributed by atoms with van der Waals surface area (Å²) in [7, 11) is 0. The minimum absolute atomic E-state index is 0.543. The lowest BCUT2D eigenvalue weighted by Gasteiger charge is -2.07. The molecule has 86 valence electrons. The van der Waals surface area contributed by atoms with Crippen LogP contribution in [0.3, 0.4) is 0 Å². The second-order valence-electron chi connectivity index (χ2n) is 3.69. The molecule has 2 aromatic rings. The Hall–Kier alpha value is -2.00. The molecule has 2 heterocycles. The Bertz CT molecular complexity index is 596. The smallest absolute Gasteiger partial charge is 0.208 e. The normalized spacial score (nSPS) is 10.0. The first kappa shape index (κ1) is 11.5. The van der Waals surface area contributed by atoms with E-state index >= 15 is 0 Å². The molecule has 6 heteroatoms. The summed E-state index contributed by atoms with van der Waals surface area (Å²) in [4.78, 5) is 8.50. The van der Waals surface area contributed by atoms with Gasteiger partial charge in [0.25, 0.3) is 0 Å². The number of nitriles is 1. The monoisotopic (exact) mass is 245 g/mol. The summed E-state index contributed by atoms with van der Waals surface area (Å²) in [5, 5.41) is 12.8. The van der Waals surface area contributed by atoms with Crippen molar-refractivity contribution in [3.8, 4) is 6.07 Å². The first-order chi connectivity index (χ1) is 8.10. The van der Waals surface area contributed by atoms with Crippen LogP contribution in [0.1, 0.15) is 22.6 Å². The van der Waals surface area contributed by atoms with Crippen LogP contribution in [0.2, 0.25) is 0 Å². The zero-order chi connectivity index (χ0) is 12.4. The quantitative estimate of drug-likeness (QED) is 0.879. The van der Waals surface area contributed by atoms with Gasteiger partial charge < -0.3 is 5.32 Å². The lowest BCUT2D eigenvalue weighted by molar-refractivity contribution is 1.14. The van der Waals surface area contributed by atoms with Crippen LogP contribution in [0.4, 0.5) is 10.9 Å². The topological polar surface area (TPSA) is 74.5 Å². The molecule has 0 fully saturated rings. The Kier molecular flexibility index (Phi) is 3.02. The lowest BCUT2D eigenvalue weighted by Crippen LogP contribution is -2.00. The molecule has 0 aliphatic rings. The summed E-state index contributed by atoms with van der Waals surface area (Å²) in [5.74, 6) is 1.25. The second-order valence-corrected chi connectivity index (χ2v) is 4.44. The number of hydrogen-bond donors (Lipinski definition) is 1. The SMILES string of the molecule is Cc1cc(C)c(C#N)c(Nc2nc(C)ns2)n1. The highest BCUT2D eigenvalue weighted by atomic mass is 32.1. The molecule has 2 aromatic heterocycles. The van der Waals surface area contributed by atoms with E-state index in [1.165, 1.54) is 11.5 Å². The lowest BCUT2D eigenvalue weighted by atomic mass is 10.1. The van der Waals surface area contributed by atoms with Crippen molar-refractivity contribution in [1.29, 1.82) is 5.26 Å². The average Bonchev–Trinajstić information content (AvgIpc) is 2.63. The molecule has 0 aliphatic carbocycles. The molecular weight excluding hydrogens is 234 g/mol. The van der Waals surface area contributed by atoms with Crippen LogP contribution < -0.4 is 5.32 Å². The van der Waals surface area contributed by atoms with Gasteiger partial charge in [0.1, 0.15) is 11.9 Å². The van der Waals surface area contributed by atoms with Crippen molar-refractivity contribution in [2.24, 2.45) is 0 Å². The highest BCUT2D eigenvalue weighted by Gasteiger charge is 2.10. The number of aromatic nitrogens is 3. The van der Waals surface area contributed by atoms with Crippen molar-refractivity contribution in [2.75, 3.05) is 5.32 Å². The van der Waals surface area contributed by atoms with Crippen molar-refractivity contribution in [3.63, 3.8) is 0 Å². The summed E-state index contributed by atoms with van der Waals surface area (Å²) in [6.07, 6.45) is 0. The van der Waals surface area contributed by atoms with Gasteiger partial charge in [-0.05, 0) is 32.4 Å². The molecule has 0 saturated heterocycles. The van der Waals surface area contributed by atoms with Crippen LogP contribution in [-0.4, -0.2) is 14.3 Å². The second kappa shape index (κ2) is 4.47. The summed E-state index contributed by atoms with van der Waals surface area (Å²) >= 11 is 1.25. The Morgan fingerprint density at radius 3 is 2.65 bits per heavy atom. The van der Waals surface area contributed by atoms with Gasteiger partial charge in [-0.1, -0.05) is 0 Å².